The summed E-state index contributed by atoms with van der Waals surface area (Å²) in [4.78, 5) is 0. The van der Waals surface area contributed by atoms with Crippen LogP contribution in [0.1, 0.15) is 19.8 Å². The molecule has 2 nitrogen and oxygen atoms in total. The van der Waals surface area contributed by atoms with Crippen molar-refractivity contribution in [1.29, 1.82) is 0 Å². The van der Waals surface area contributed by atoms with E-state index >= 15 is 0 Å². The van der Waals surface area contributed by atoms with Crippen molar-refractivity contribution in [2.45, 2.75) is 26.3 Å². The Hall–Kier alpha value is 0.690. The molecule has 0 aromatic carbocycles. The van der Waals surface area contributed by atoms with E-state index in [1.165, 1.54) is 12.8 Å². The molecule has 0 bridgehead atoms. The van der Waals surface area contributed by atoms with Crippen molar-refractivity contribution in [2.75, 3.05) is 0 Å². The molecule has 0 aliphatic rings. The molecule has 0 radical (unpaired) electrons. The number of rotatable bonds is 3. The van der Waals surface area contributed by atoms with Crippen molar-refractivity contribution in [2.24, 2.45) is 7.05 Å². The normalized spacial score (nSPS) is 8.50. The molecule has 0 spiro atoms. The van der Waals surface area contributed by atoms with E-state index in [0.717, 1.165) is 6.54 Å². The molecule has 1 aromatic rings. The first-order valence-corrected chi connectivity index (χ1v) is 3.84. The molecular formula is C8H17BrN2Na+. The SMILES string of the molecule is Br.CCCC[n+]1ccn(C)c1.[NaH]. The zero-order valence-electron chi connectivity index (χ0n) is 7.16. The van der Waals surface area contributed by atoms with Crippen LogP contribution in [0, 0.1) is 0 Å². The van der Waals surface area contributed by atoms with Gasteiger partial charge in [0.25, 0.3) is 0 Å². The first-order valence-electron chi connectivity index (χ1n) is 3.84. The molecule has 66 valence electrons. The number of aromatic nitrogens is 2. The predicted octanol–water partition coefficient (Wildman–Crippen LogP) is 1.04. The van der Waals surface area contributed by atoms with Gasteiger partial charge in [0.15, 0.2) is 0 Å². The molecule has 4 heteroatoms. The van der Waals surface area contributed by atoms with Gasteiger partial charge in [-0.3, -0.25) is 0 Å². The summed E-state index contributed by atoms with van der Waals surface area (Å²) in [7, 11) is 2.04. The number of unbranched alkanes of at least 4 members (excludes halogenated alkanes) is 1. The van der Waals surface area contributed by atoms with E-state index in [-0.39, 0.29) is 46.5 Å². The third-order valence-electron chi connectivity index (χ3n) is 1.59. The van der Waals surface area contributed by atoms with E-state index in [4.69, 9.17) is 0 Å². The summed E-state index contributed by atoms with van der Waals surface area (Å²) in [5, 5.41) is 0. The monoisotopic (exact) mass is 243 g/mol. The zero-order chi connectivity index (χ0) is 7.40. The molecule has 0 aliphatic carbocycles. The van der Waals surface area contributed by atoms with Crippen LogP contribution in [0.25, 0.3) is 0 Å². The minimum atomic E-state index is 0. The molecule has 0 unspecified atom stereocenters. The summed E-state index contributed by atoms with van der Waals surface area (Å²) in [6, 6.07) is 0. The van der Waals surface area contributed by atoms with Gasteiger partial charge in [-0.05, 0) is 6.42 Å². The second kappa shape index (κ2) is 8.30. The Bertz CT molecular complexity index is 201. The summed E-state index contributed by atoms with van der Waals surface area (Å²) < 4.78 is 4.28. The van der Waals surface area contributed by atoms with E-state index < -0.39 is 0 Å². The predicted molar refractivity (Wildman–Crippen MR) is 58.0 cm³/mol. The van der Waals surface area contributed by atoms with Crippen LogP contribution in [-0.4, -0.2) is 34.1 Å². The van der Waals surface area contributed by atoms with E-state index in [1.54, 1.807) is 0 Å². The summed E-state index contributed by atoms with van der Waals surface area (Å²) >= 11 is 0. The standard InChI is InChI=1S/C8H15N2.BrH.Na.H/c1-3-4-5-10-7-6-9(2)8-10;;;/h6-8H,3-5H2,1-2H3;1H;;/q+1;;;. The van der Waals surface area contributed by atoms with Crippen molar-refractivity contribution in [3.63, 3.8) is 0 Å². The van der Waals surface area contributed by atoms with Gasteiger partial charge < -0.3 is 0 Å². The van der Waals surface area contributed by atoms with Gasteiger partial charge in [-0.2, -0.15) is 0 Å². The molecule has 1 heterocycles. The fraction of sp³-hybridized carbons (Fsp3) is 0.625. The molecule has 0 amide bonds. The van der Waals surface area contributed by atoms with Gasteiger partial charge in [0.1, 0.15) is 12.4 Å². The van der Waals surface area contributed by atoms with Crippen molar-refractivity contribution < 1.29 is 4.57 Å². The number of hydrogen-bond donors (Lipinski definition) is 0. The molecule has 12 heavy (non-hydrogen) atoms. The Labute approximate surface area is 107 Å². The number of nitrogens with zero attached hydrogens (tertiary/aromatic N) is 2. The topological polar surface area (TPSA) is 8.81 Å². The summed E-state index contributed by atoms with van der Waals surface area (Å²) in [6.45, 7) is 3.36. The van der Waals surface area contributed by atoms with E-state index in [0.29, 0.717) is 0 Å². The van der Waals surface area contributed by atoms with E-state index in [1.807, 2.05) is 7.05 Å². The fourth-order valence-electron chi connectivity index (χ4n) is 0.975. The average Bonchev–Trinajstić information content (AvgIpc) is 2.31. The van der Waals surface area contributed by atoms with Crippen molar-refractivity contribution in [3.05, 3.63) is 18.7 Å². The van der Waals surface area contributed by atoms with E-state index in [9.17, 15) is 0 Å². The molecular weight excluding hydrogens is 227 g/mol. The third kappa shape index (κ3) is 5.36. The minimum absolute atomic E-state index is 0. The Morgan fingerprint density at radius 3 is 2.50 bits per heavy atom. The first kappa shape index (κ1) is 15.2. The van der Waals surface area contributed by atoms with Crippen LogP contribution in [-0.2, 0) is 13.6 Å². The molecule has 1 rings (SSSR count). The summed E-state index contributed by atoms with van der Waals surface area (Å²) in [5.41, 5.74) is 0. The van der Waals surface area contributed by atoms with Gasteiger partial charge in [0.2, 0.25) is 6.33 Å². The molecule has 0 saturated carbocycles. The van der Waals surface area contributed by atoms with Crippen LogP contribution in [0.15, 0.2) is 18.7 Å². The molecule has 0 N–H and O–H groups in total. The maximum absolute atomic E-state index is 2.21. The summed E-state index contributed by atoms with van der Waals surface area (Å²) in [5.74, 6) is 0. The van der Waals surface area contributed by atoms with Gasteiger partial charge in [-0.25, -0.2) is 9.13 Å². The Morgan fingerprint density at radius 2 is 2.08 bits per heavy atom. The van der Waals surface area contributed by atoms with Gasteiger partial charge >= 0.3 is 29.6 Å². The second-order valence-electron chi connectivity index (χ2n) is 2.67. The van der Waals surface area contributed by atoms with Crippen LogP contribution in [0.3, 0.4) is 0 Å². The number of imidazole rings is 1. The van der Waals surface area contributed by atoms with Crippen molar-refractivity contribution in [3.8, 4) is 0 Å². The first-order chi connectivity index (χ1) is 4.83. The number of halogens is 1. The van der Waals surface area contributed by atoms with Crippen LogP contribution in [0.2, 0.25) is 0 Å². The molecule has 0 saturated heterocycles. The molecule has 1 aromatic heterocycles. The zero-order valence-corrected chi connectivity index (χ0v) is 8.87. The van der Waals surface area contributed by atoms with Gasteiger partial charge in [0, 0.05) is 0 Å². The quantitative estimate of drug-likeness (QED) is 0.555. The fourth-order valence-corrected chi connectivity index (χ4v) is 0.975. The Morgan fingerprint density at radius 1 is 1.42 bits per heavy atom. The van der Waals surface area contributed by atoms with Crippen molar-refractivity contribution >= 4 is 46.5 Å². The maximum atomic E-state index is 2.21. The summed E-state index contributed by atoms with van der Waals surface area (Å²) in [6.07, 6.45) is 8.82. The van der Waals surface area contributed by atoms with Gasteiger partial charge in [-0.15, -0.1) is 17.0 Å². The second-order valence-corrected chi connectivity index (χ2v) is 2.67. The van der Waals surface area contributed by atoms with Gasteiger partial charge in [0.05, 0.1) is 13.6 Å². The molecule has 0 fully saturated rings. The van der Waals surface area contributed by atoms with Crippen LogP contribution < -0.4 is 4.57 Å². The molecule has 0 aliphatic heterocycles. The van der Waals surface area contributed by atoms with Gasteiger partial charge in [-0.1, -0.05) is 13.3 Å². The number of hydrogen-bond acceptors (Lipinski definition) is 0. The van der Waals surface area contributed by atoms with Crippen LogP contribution in [0.4, 0.5) is 0 Å². The van der Waals surface area contributed by atoms with Crippen LogP contribution >= 0.6 is 17.0 Å². The van der Waals surface area contributed by atoms with Crippen molar-refractivity contribution in [1.82, 2.24) is 4.57 Å². The number of aryl methyl sites for hydroxylation is 2. The molecule has 0 atom stereocenters. The van der Waals surface area contributed by atoms with E-state index in [2.05, 4.69) is 34.8 Å². The third-order valence-corrected chi connectivity index (χ3v) is 1.59. The Balaban J connectivity index is 0. The van der Waals surface area contributed by atoms with Crippen LogP contribution in [0.5, 0.6) is 0 Å². The Kier molecular flexibility index (Phi) is 10.5. The average molecular weight is 244 g/mol.